The average Bonchev–Trinajstić information content (AvgIpc) is 3.29. The highest BCUT2D eigenvalue weighted by Crippen LogP contribution is 2.37. The van der Waals surface area contributed by atoms with Crippen molar-refractivity contribution in [2.45, 2.75) is 24.8 Å². The molecule has 3 amide bonds. The molecule has 39 heavy (non-hydrogen) atoms. The van der Waals surface area contributed by atoms with Gasteiger partial charge in [-0.1, -0.05) is 6.92 Å². The van der Waals surface area contributed by atoms with Gasteiger partial charge in [-0.15, -0.1) is 11.3 Å². The van der Waals surface area contributed by atoms with E-state index < -0.39 is 27.9 Å². The van der Waals surface area contributed by atoms with Gasteiger partial charge in [0.25, 0.3) is 11.8 Å². The lowest BCUT2D eigenvalue weighted by atomic mass is 10.0. The second-order valence-electron chi connectivity index (χ2n) is 8.64. The molecule has 12 nitrogen and oxygen atoms in total. The number of sulfonamides is 1. The molecule has 0 bridgehead atoms. The Morgan fingerprint density at radius 3 is 2.23 bits per heavy atom. The first-order valence-corrected chi connectivity index (χ1v) is 14.6. The van der Waals surface area contributed by atoms with E-state index in [0.717, 1.165) is 30.6 Å². The predicted octanol–water partition coefficient (Wildman–Crippen LogP) is 2.16. The van der Waals surface area contributed by atoms with Crippen LogP contribution in [0.15, 0.2) is 29.2 Å². The standard InChI is InChI=1S/C25H34N4O8S2/c1-5-28-11-10-19-20(16-28)38-24(21(19)23(31)27-25(32)37-4)26-22(30)17-6-8-18(9-7-17)39(33,34)29(12-14-35-2)13-15-36-3/h6-9H,5,10-16H2,1-4H3,(H,26,30)(H,27,31,32). The normalized spacial score (nSPS) is 13.7. The summed E-state index contributed by atoms with van der Waals surface area (Å²) in [5.41, 5.74) is 1.22. The Labute approximate surface area is 232 Å². The Morgan fingerprint density at radius 1 is 1.03 bits per heavy atom. The lowest BCUT2D eigenvalue weighted by Gasteiger charge is -2.25. The summed E-state index contributed by atoms with van der Waals surface area (Å²) < 4.78 is 42.2. The second kappa shape index (κ2) is 14.0. The quantitative estimate of drug-likeness (QED) is 0.385. The van der Waals surface area contributed by atoms with Crippen molar-refractivity contribution in [3.8, 4) is 0 Å². The third kappa shape index (κ3) is 7.41. The molecule has 2 N–H and O–H groups in total. The third-order valence-electron chi connectivity index (χ3n) is 6.28. The van der Waals surface area contributed by atoms with Crippen molar-refractivity contribution in [2.75, 3.05) is 66.0 Å². The molecule has 3 rings (SSSR count). The fourth-order valence-corrected chi connectivity index (χ4v) is 6.79. The third-order valence-corrected chi connectivity index (χ3v) is 9.33. The van der Waals surface area contributed by atoms with Gasteiger partial charge in [-0.25, -0.2) is 13.2 Å². The molecule has 0 aliphatic carbocycles. The SMILES string of the molecule is CCN1CCc2c(sc(NC(=O)c3ccc(S(=O)(=O)N(CCOC)CCOC)cc3)c2C(=O)NC(=O)OC)C1. The Balaban J connectivity index is 1.85. The monoisotopic (exact) mass is 582 g/mol. The summed E-state index contributed by atoms with van der Waals surface area (Å²) >= 11 is 1.28. The molecule has 1 aromatic carbocycles. The molecular weight excluding hydrogens is 548 g/mol. The highest BCUT2D eigenvalue weighted by Gasteiger charge is 2.30. The molecule has 2 heterocycles. The van der Waals surface area contributed by atoms with Crippen LogP contribution in [0.5, 0.6) is 0 Å². The van der Waals surface area contributed by atoms with Crippen LogP contribution >= 0.6 is 11.3 Å². The van der Waals surface area contributed by atoms with Crippen LogP contribution in [-0.2, 0) is 37.2 Å². The maximum atomic E-state index is 13.1. The van der Waals surface area contributed by atoms with Gasteiger partial charge >= 0.3 is 6.09 Å². The van der Waals surface area contributed by atoms with E-state index in [4.69, 9.17) is 9.47 Å². The lowest BCUT2D eigenvalue weighted by Crippen LogP contribution is -2.36. The van der Waals surface area contributed by atoms with Crippen LogP contribution in [0.1, 0.15) is 38.1 Å². The van der Waals surface area contributed by atoms with Crippen molar-refractivity contribution >= 4 is 44.3 Å². The lowest BCUT2D eigenvalue weighted by molar-refractivity contribution is 0.0936. The zero-order chi connectivity index (χ0) is 28.6. The number of likely N-dealkylation sites (N-methyl/N-ethyl adjacent to an activating group) is 1. The number of amides is 3. The summed E-state index contributed by atoms with van der Waals surface area (Å²) in [6, 6.07) is 5.54. The molecule has 0 atom stereocenters. The van der Waals surface area contributed by atoms with Crippen molar-refractivity contribution in [1.82, 2.24) is 14.5 Å². The first kappa shape index (κ1) is 30.7. The van der Waals surface area contributed by atoms with Crippen LogP contribution in [0.2, 0.25) is 0 Å². The van der Waals surface area contributed by atoms with Crippen LogP contribution in [-0.4, -0.2) is 96.3 Å². The molecule has 0 radical (unpaired) electrons. The molecule has 2 aromatic rings. The highest BCUT2D eigenvalue weighted by molar-refractivity contribution is 7.89. The van der Waals surface area contributed by atoms with Gasteiger partial charge in [0, 0.05) is 50.8 Å². The summed E-state index contributed by atoms with van der Waals surface area (Å²) in [5.74, 6) is -1.18. The van der Waals surface area contributed by atoms with E-state index in [2.05, 4.69) is 20.3 Å². The molecule has 1 aromatic heterocycles. The molecule has 0 spiro atoms. The maximum absolute atomic E-state index is 13.1. The zero-order valence-electron chi connectivity index (χ0n) is 22.4. The number of rotatable bonds is 12. The number of imide groups is 1. The van der Waals surface area contributed by atoms with Crippen molar-refractivity contribution < 1.29 is 37.0 Å². The van der Waals surface area contributed by atoms with Crippen molar-refractivity contribution in [3.05, 3.63) is 45.8 Å². The molecule has 0 saturated heterocycles. The van der Waals surface area contributed by atoms with Crippen LogP contribution < -0.4 is 10.6 Å². The van der Waals surface area contributed by atoms with Gasteiger partial charge < -0.3 is 19.5 Å². The molecule has 1 aliphatic rings. The van der Waals surface area contributed by atoms with Gasteiger partial charge in [0.05, 0.1) is 30.8 Å². The second-order valence-corrected chi connectivity index (χ2v) is 11.7. The molecule has 214 valence electrons. The number of hydrogen-bond donors (Lipinski definition) is 2. The maximum Gasteiger partial charge on any atom is 0.413 e. The Hall–Kier alpha value is -2.88. The minimum Gasteiger partial charge on any atom is -0.453 e. The summed E-state index contributed by atoms with van der Waals surface area (Å²) in [7, 11) is 0.290. The van der Waals surface area contributed by atoms with Gasteiger partial charge in [-0.3, -0.25) is 19.8 Å². The smallest absolute Gasteiger partial charge is 0.413 e. The number of alkyl carbamates (subject to hydrolysis) is 1. The molecule has 1 aliphatic heterocycles. The Morgan fingerprint density at radius 2 is 1.67 bits per heavy atom. The van der Waals surface area contributed by atoms with Crippen molar-refractivity contribution in [1.29, 1.82) is 0 Å². The van der Waals surface area contributed by atoms with E-state index in [-0.39, 0.29) is 42.3 Å². The fraction of sp³-hybridized carbons (Fsp3) is 0.480. The van der Waals surface area contributed by atoms with Gasteiger partial charge in [0.2, 0.25) is 10.0 Å². The Kier molecular flexibility index (Phi) is 11.0. The largest absolute Gasteiger partial charge is 0.453 e. The first-order valence-electron chi connectivity index (χ1n) is 12.3. The number of hydrogen-bond acceptors (Lipinski definition) is 10. The number of methoxy groups -OCH3 is 3. The number of nitrogens with zero attached hydrogens (tertiary/aromatic N) is 2. The number of nitrogens with one attached hydrogen (secondary N) is 2. The number of fused-ring (bicyclic) bond motifs is 1. The van der Waals surface area contributed by atoms with E-state index in [1.165, 1.54) is 54.1 Å². The van der Waals surface area contributed by atoms with Crippen LogP contribution in [0.25, 0.3) is 0 Å². The van der Waals surface area contributed by atoms with Crippen LogP contribution in [0.3, 0.4) is 0 Å². The molecule has 0 fully saturated rings. The van der Waals surface area contributed by atoms with E-state index in [1.807, 2.05) is 6.92 Å². The van der Waals surface area contributed by atoms with Gasteiger partial charge in [0.1, 0.15) is 5.00 Å². The number of carbonyl (C=O) groups excluding carboxylic acids is 3. The summed E-state index contributed by atoms with van der Waals surface area (Å²) in [4.78, 5) is 41.0. The topological polar surface area (TPSA) is 144 Å². The van der Waals surface area contributed by atoms with Crippen molar-refractivity contribution in [3.63, 3.8) is 0 Å². The van der Waals surface area contributed by atoms with Gasteiger partial charge in [-0.05, 0) is 42.8 Å². The minimum absolute atomic E-state index is 0.0237. The number of benzene rings is 1. The number of ether oxygens (including phenoxy) is 3. The summed E-state index contributed by atoms with van der Waals surface area (Å²) in [6.45, 7) is 5.00. The van der Waals surface area contributed by atoms with Gasteiger partial charge in [-0.2, -0.15) is 4.31 Å². The van der Waals surface area contributed by atoms with Gasteiger partial charge in [0.15, 0.2) is 0 Å². The first-order chi connectivity index (χ1) is 18.7. The molecule has 14 heteroatoms. The Bertz CT molecular complexity index is 1270. The van der Waals surface area contributed by atoms with Crippen molar-refractivity contribution in [2.24, 2.45) is 0 Å². The number of anilines is 1. The fourth-order valence-electron chi connectivity index (χ4n) is 4.10. The van der Waals surface area contributed by atoms with E-state index >= 15 is 0 Å². The highest BCUT2D eigenvalue weighted by atomic mass is 32.2. The molecule has 0 saturated carbocycles. The van der Waals surface area contributed by atoms with Crippen LogP contribution in [0, 0.1) is 0 Å². The summed E-state index contributed by atoms with van der Waals surface area (Å²) in [6.07, 6.45) is -0.306. The van der Waals surface area contributed by atoms with E-state index in [0.29, 0.717) is 18.0 Å². The van der Waals surface area contributed by atoms with E-state index in [9.17, 15) is 22.8 Å². The van der Waals surface area contributed by atoms with Crippen LogP contribution in [0.4, 0.5) is 9.80 Å². The predicted molar refractivity (Wildman–Crippen MR) is 146 cm³/mol. The number of carbonyl (C=O) groups is 3. The van der Waals surface area contributed by atoms with E-state index in [1.54, 1.807) is 0 Å². The number of thiophene rings is 1. The zero-order valence-corrected chi connectivity index (χ0v) is 24.1. The molecular formula is C25H34N4O8S2. The average molecular weight is 583 g/mol. The summed E-state index contributed by atoms with van der Waals surface area (Å²) in [5, 5.41) is 5.27. The molecule has 0 unspecified atom stereocenters. The minimum atomic E-state index is -3.85.